The largest absolute Gasteiger partial charge is 0.303 e. The van der Waals surface area contributed by atoms with Crippen LogP contribution in [0.3, 0.4) is 0 Å². The van der Waals surface area contributed by atoms with Crippen molar-refractivity contribution in [1.29, 1.82) is 0 Å². The maximum absolute atomic E-state index is 2.70. The number of fused-ring (bicyclic) bond motifs is 1. The highest BCUT2D eigenvalue weighted by Crippen LogP contribution is 2.47. The second-order valence-corrected chi connectivity index (χ2v) is 9.33. The minimum Gasteiger partial charge on any atom is -0.303 e. The van der Waals surface area contributed by atoms with Crippen LogP contribution in [0.25, 0.3) is 0 Å². The fourth-order valence-corrected chi connectivity index (χ4v) is 5.97. The van der Waals surface area contributed by atoms with Gasteiger partial charge in [-0.05, 0) is 79.6 Å². The van der Waals surface area contributed by atoms with E-state index in [1.165, 1.54) is 76.0 Å². The van der Waals surface area contributed by atoms with E-state index in [2.05, 4.69) is 64.4 Å². The van der Waals surface area contributed by atoms with Gasteiger partial charge in [0.1, 0.15) is 0 Å². The summed E-state index contributed by atoms with van der Waals surface area (Å²) >= 11 is 0. The van der Waals surface area contributed by atoms with Crippen LogP contribution in [-0.4, -0.2) is 42.5 Å². The minimum absolute atomic E-state index is 0.776. The van der Waals surface area contributed by atoms with Gasteiger partial charge in [0.2, 0.25) is 0 Å². The Morgan fingerprint density at radius 1 is 0.750 bits per heavy atom. The molecule has 0 spiro atoms. The third kappa shape index (κ3) is 4.04. The van der Waals surface area contributed by atoms with Gasteiger partial charge in [0.15, 0.2) is 0 Å². The number of rotatable bonds is 6. The Labute approximate surface area is 170 Å². The van der Waals surface area contributed by atoms with E-state index in [4.69, 9.17) is 0 Å². The SMILES string of the molecule is c1ccc(CN2CC3CCC(c4ccc(CCN5CCCC5)cc4)C3C2)cc1. The van der Waals surface area contributed by atoms with Gasteiger partial charge in [-0.2, -0.15) is 0 Å². The smallest absolute Gasteiger partial charge is 0.0233 e. The molecule has 3 unspecified atom stereocenters. The molecule has 3 atom stereocenters. The monoisotopic (exact) mass is 374 g/mol. The van der Waals surface area contributed by atoms with Crippen molar-refractivity contribution in [2.45, 2.75) is 44.6 Å². The number of benzene rings is 2. The summed E-state index contributed by atoms with van der Waals surface area (Å²) < 4.78 is 0. The maximum Gasteiger partial charge on any atom is 0.0233 e. The van der Waals surface area contributed by atoms with E-state index in [1.807, 2.05) is 0 Å². The van der Waals surface area contributed by atoms with Gasteiger partial charge in [0.25, 0.3) is 0 Å². The molecule has 2 aromatic carbocycles. The Kier molecular flexibility index (Phi) is 5.51. The van der Waals surface area contributed by atoms with Crippen LogP contribution < -0.4 is 0 Å². The molecule has 0 amide bonds. The summed E-state index contributed by atoms with van der Waals surface area (Å²) in [6.45, 7) is 7.55. The molecule has 0 aromatic heterocycles. The van der Waals surface area contributed by atoms with Gasteiger partial charge in [0, 0.05) is 26.2 Å². The maximum atomic E-state index is 2.70. The summed E-state index contributed by atoms with van der Waals surface area (Å²) in [6, 6.07) is 20.7. The van der Waals surface area contributed by atoms with Gasteiger partial charge in [-0.1, -0.05) is 54.6 Å². The first-order valence-electron chi connectivity index (χ1n) is 11.4. The standard InChI is InChI=1S/C26H34N2/c1-2-6-22(7-3-1)18-28-19-24-12-13-25(26(24)20-28)23-10-8-21(9-11-23)14-17-27-15-4-5-16-27/h1-3,6-11,24-26H,4-5,12-20H2. The van der Waals surface area contributed by atoms with Crippen molar-refractivity contribution in [3.63, 3.8) is 0 Å². The van der Waals surface area contributed by atoms with E-state index in [9.17, 15) is 0 Å². The molecule has 2 aromatic rings. The van der Waals surface area contributed by atoms with Crippen LogP contribution in [0.4, 0.5) is 0 Å². The van der Waals surface area contributed by atoms with Gasteiger partial charge >= 0.3 is 0 Å². The van der Waals surface area contributed by atoms with Crippen LogP contribution in [0.15, 0.2) is 54.6 Å². The molecule has 2 nitrogen and oxygen atoms in total. The van der Waals surface area contributed by atoms with Gasteiger partial charge in [-0.25, -0.2) is 0 Å². The van der Waals surface area contributed by atoms with Gasteiger partial charge in [-0.3, -0.25) is 4.90 Å². The summed E-state index contributed by atoms with van der Waals surface area (Å²) in [6.07, 6.45) is 6.80. The van der Waals surface area contributed by atoms with E-state index >= 15 is 0 Å². The quantitative estimate of drug-likeness (QED) is 0.706. The van der Waals surface area contributed by atoms with E-state index in [1.54, 1.807) is 5.56 Å². The average Bonchev–Trinajstić information content (AvgIpc) is 3.45. The summed E-state index contributed by atoms with van der Waals surface area (Å²) in [7, 11) is 0. The zero-order chi connectivity index (χ0) is 18.8. The molecule has 2 aliphatic heterocycles. The van der Waals surface area contributed by atoms with Crippen LogP contribution in [0, 0.1) is 11.8 Å². The molecule has 0 radical (unpaired) electrons. The molecule has 1 aliphatic carbocycles. The predicted octanol–water partition coefficient (Wildman–Crippen LogP) is 4.95. The van der Waals surface area contributed by atoms with Crippen molar-refractivity contribution >= 4 is 0 Å². The Morgan fingerprint density at radius 2 is 1.54 bits per heavy atom. The minimum atomic E-state index is 0.776. The summed E-state index contributed by atoms with van der Waals surface area (Å²) in [5, 5.41) is 0. The Bertz CT molecular complexity index is 748. The van der Waals surface area contributed by atoms with Crippen LogP contribution in [0.2, 0.25) is 0 Å². The fraction of sp³-hybridized carbons (Fsp3) is 0.538. The Balaban J connectivity index is 1.18. The van der Waals surface area contributed by atoms with Crippen LogP contribution >= 0.6 is 0 Å². The molecular weight excluding hydrogens is 340 g/mol. The molecular formula is C26H34N2. The summed E-state index contributed by atoms with van der Waals surface area (Å²) in [5.74, 6) is 2.54. The molecule has 3 aliphatic rings. The number of hydrogen-bond donors (Lipinski definition) is 0. The van der Waals surface area contributed by atoms with Crippen LogP contribution in [0.5, 0.6) is 0 Å². The number of likely N-dealkylation sites (tertiary alicyclic amines) is 2. The normalized spacial score (nSPS) is 28.1. The lowest BCUT2D eigenvalue weighted by molar-refractivity contribution is 0.298. The lowest BCUT2D eigenvalue weighted by Crippen LogP contribution is -2.22. The highest BCUT2D eigenvalue weighted by atomic mass is 15.2. The van der Waals surface area contributed by atoms with Crippen molar-refractivity contribution in [3.8, 4) is 0 Å². The van der Waals surface area contributed by atoms with Crippen molar-refractivity contribution in [1.82, 2.24) is 9.80 Å². The molecule has 1 saturated carbocycles. The van der Waals surface area contributed by atoms with Crippen molar-refractivity contribution in [2.24, 2.45) is 11.8 Å². The topological polar surface area (TPSA) is 6.48 Å². The summed E-state index contributed by atoms with van der Waals surface area (Å²) in [4.78, 5) is 5.32. The molecule has 0 bridgehead atoms. The fourth-order valence-electron chi connectivity index (χ4n) is 5.97. The lowest BCUT2D eigenvalue weighted by atomic mass is 9.86. The van der Waals surface area contributed by atoms with E-state index in [-0.39, 0.29) is 0 Å². The Hall–Kier alpha value is -1.64. The molecule has 2 heterocycles. The third-order valence-corrected chi connectivity index (χ3v) is 7.50. The zero-order valence-electron chi connectivity index (χ0n) is 17.1. The highest BCUT2D eigenvalue weighted by molar-refractivity contribution is 5.28. The van der Waals surface area contributed by atoms with Crippen molar-refractivity contribution in [2.75, 3.05) is 32.7 Å². The van der Waals surface area contributed by atoms with Gasteiger partial charge in [-0.15, -0.1) is 0 Å². The lowest BCUT2D eigenvalue weighted by Gasteiger charge is -2.21. The molecule has 2 saturated heterocycles. The molecule has 2 heteroatoms. The average molecular weight is 375 g/mol. The zero-order valence-corrected chi connectivity index (χ0v) is 17.1. The third-order valence-electron chi connectivity index (χ3n) is 7.50. The van der Waals surface area contributed by atoms with Crippen molar-refractivity contribution in [3.05, 3.63) is 71.3 Å². The Morgan fingerprint density at radius 3 is 2.32 bits per heavy atom. The summed E-state index contributed by atoms with van der Waals surface area (Å²) in [5.41, 5.74) is 4.57. The second-order valence-electron chi connectivity index (χ2n) is 9.33. The molecule has 148 valence electrons. The first kappa shape index (κ1) is 18.4. The van der Waals surface area contributed by atoms with E-state index in [0.717, 1.165) is 24.3 Å². The van der Waals surface area contributed by atoms with Gasteiger partial charge in [0.05, 0.1) is 0 Å². The highest BCUT2D eigenvalue weighted by Gasteiger charge is 2.42. The number of hydrogen-bond acceptors (Lipinski definition) is 2. The second kappa shape index (κ2) is 8.39. The first-order chi connectivity index (χ1) is 13.8. The molecule has 28 heavy (non-hydrogen) atoms. The molecule has 0 N–H and O–H groups in total. The first-order valence-corrected chi connectivity index (χ1v) is 11.4. The van der Waals surface area contributed by atoms with Crippen LogP contribution in [0.1, 0.15) is 48.3 Å². The van der Waals surface area contributed by atoms with E-state index < -0.39 is 0 Å². The molecule has 3 fully saturated rings. The van der Waals surface area contributed by atoms with E-state index in [0.29, 0.717) is 0 Å². The number of nitrogens with zero attached hydrogens (tertiary/aromatic N) is 2. The van der Waals surface area contributed by atoms with Crippen molar-refractivity contribution < 1.29 is 0 Å². The molecule has 5 rings (SSSR count). The van der Waals surface area contributed by atoms with Crippen LogP contribution in [-0.2, 0) is 13.0 Å². The predicted molar refractivity (Wildman–Crippen MR) is 116 cm³/mol. The van der Waals surface area contributed by atoms with Gasteiger partial charge < -0.3 is 4.90 Å².